The first-order valence-corrected chi connectivity index (χ1v) is 7.49. The van der Waals surface area contributed by atoms with Crippen LogP contribution >= 0.6 is 12.4 Å². The van der Waals surface area contributed by atoms with E-state index in [2.05, 4.69) is 10.3 Å². The van der Waals surface area contributed by atoms with E-state index in [9.17, 15) is 9.18 Å². The average molecular weight is 354 g/mol. The highest BCUT2D eigenvalue weighted by molar-refractivity contribution is 5.94. The minimum absolute atomic E-state index is 0. The van der Waals surface area contributed by atoms with Crippen LogP contribution in [0.25, 0.3) is 0 Å². The molecule has 130 valence electrons. The Morgan fingerprint density at radius 3 is 2.79 bits per heavy atom. The number of carbonyl (C=O) groups is 1. The number of halogens is 2. The van der Waals surface area contributed by atoms with Crippen LogP contribution < -0.4 is 15.8 Å². The monoisotopic (exact) mass is 353 g/mol. The lowest BCUT2D eigenvalue weighted by Crippen LogP contribution is -2.35. The SMILES string of the molecule is CCCC(N)C(=O)Nc1ccc(OCc2ccccn2)c(F)c1.Cl. The summed E-state index contributed by atoms with van der Waals surface area (Å²) < 4.78 is 19.4. The molecule has 0 spiro atoms. The van der Waals surface area contributed by atoms with Gasteiger partial charge in [-0.1, -0.05) is 19.4 Å². The van der Waals surface area contributed by atoms with Gasteiger partial charge in [0.1, 0.15) is 6.61 Å². The molecule has 0 aliphatic rings. The largest absolute Gasteiger partial charge is 0.484 e. The van der Waals surface area contributed by atoms with E-state index in [4.69, 9.17) is 10.5 Å². The zero-order valence-corrected chi connectivity index (χ0v) is 14.2. The van der Waals surface area contributed by atoms with Crippen LogP contribution in [0.4, 0.5) is 10.1 Å². The molecule has 7 heteroatoms. The summed E-state index contributed by atoms with van der Waals surface area (Å²) in [5.74, 6) is -0.775. The van der Waals surface area contributed by atoms with Crippen LogP contribution in [0, 0.1) is 5.82 Å². The fraction of sp³-hybridized carbons (Fsp3) is 0.294. The summed E-state index contributed by atoms with van der Waals surface area (Å²) in [5, 5.41) is 2.60. The molecule has 1 heterocycles. The number of ether oxygens (including phenoxy) is 1. The van der Waals surface area contributed by atoms with Gasteiger partial charge in [-0.2, -0.15) is 0 Å². The summed E-state index contributed by atoms with van der Waals surface area (Å²) in [6, 6.07) is 9.09. The molecule has 0 saturated carbocycles. The molecule has 0 aliphatic carbocycles. The molecule has 0 radical (unpaired) electrons. The number of nitrogens with one attached hydrogen (secondary N) is 1. The quantitative estimate of drug-likeness (QED) is 0.800. The van der Waals surface area contributed by atoms with Gasteiger partial charge >= 0.3 is 0 Å². The summed E-state index contributed by atoms with van der Waals surface area (Å²) in [6.45, 7) is 2.12. The number of anilines is 1. The summed E-state index contributed by atoms with van der Waals surface area (Å²) in [7, 11) is 0. The number of amides is 1. The van der Waals surface area contributed by atoms with Crippen molar-refractivity contribution in [2.45, 2.75) is 32.4 Å². The average Bonchev–Trinajstić information content (AvgIpc) is 2.55. The Labute approximate surface area is 146 Å². The van der Waals surface area contributed by atoms with Crippen molar-refractivity contribution in [3.8, 4) is 5.75 Å². The second kappa shape index (κ2) is 9.85. The molecule has 1 aromatic carbocycles. The zero-order valence-electron chi connectivity index (χ0n) is 13.4. The van der Waals surface area contributed by atoms with Gasteiger partial charge in [-0.15, -0.1) is 12.4 Å². The molecule has 1 amide bonds. The summed E-state index contributed by atoms with van der Waals surface area (Å²) >= 11 is 0. The first-order valence-electron chi connectivity index (χ1n) is 7.49. The maximum Gasteiger partial charge on any atom is 0.241 e. The second-order valence-electron chi connectivity index (χ2n) is 5.14. The second-order valence-corrected chi connectivity index (χ2v) is 5.14. The predicted molar refractivity (Wildman–Crippen MR) is 93.7 cm³/mol. The minimum atomic E-state index is -0.594. The van der Waals surface area contributed by atoms with Gasteiger partial charge in [0.15, 0.2) is 11.6 Å². The molecule has 1 aromatic heterocycles. The lowest BCUT2D eigenvalue weighted by Gasteiger charge is -2.12. The van der Waals surface area contributed by atoms with Crippen molar-refractivity contribution in [2.24, 2.45) is 5.73 Å². The van der Waals surface area contributed by atoms with Crippen LogP contribution in [-0.4, -0.2) is 16.9 Å². The van der Waals surface area contributed by atoms with Crippen molar-refractivity contribution in [3.63, 3.8) is 0 Å². The molecule has 0 fully saturated rings. The normalized spacial score (nSPS) is 11.3. The van der Waals surface area contributed by atoms with Crippen LogP contribution in [0.2, 0.25) is 0 Å². The maximum absolute atomic E-state index is 14.0. The van der Waals surface area contributed by atoms with Crippen molar-refractivity contribution in [1.82, 2.24) is 4.98 Å². The van der Waals surface area contributed by atoms with E-state index in [0.29, 0.717) is 17.8 Å². The molecule has 5 nitrogen and oxygen atoms in total. The van der Waals surface area contributed by atoms with E-state index in [-0.39, 0.29) is 30.7 Å². The Kier molecular flexibility index (Phi) is 8.15. The van der Waals surface area contributed by atoms with Crippen LogP contribution in [0.5, 0.6) is 5.75 Å². The summed E-state index contributed by atoms with van der Waals surface area (Å²) in [4.78, 5) is 15.9. The Balaban J connectivity index is 0.00000288. The smallest absolute Gasteiger partial charge is 0.241 e. The summed E-state index contributed by atoms with van der Waals surface area (Å²) in [5.41, 5.74) is 6.77. The van der Waals surface area contributed by atoms with E-state index in [1.54, 1.807) is 24.4 Å². The van der Waals surface area contributed by atoms with Crippen molar-refractivity contribution >= 4 is 24.0 Å². The first-order chi connectivity index (χ1) is 11.1. The van der Waals surface area contributed by atoms with Crippen LogP contribution in [0.3, 0.4) is 0 Å². The Bertz CT molecular complexity index is 656. The number of hydrogen-bond donors (Lipinski definition) is 2. The number of aromatic nitrogens is 1. The Hall–Kier alpha value is -2.18. The molecule has 24 heavy (non-hydrogen) atoms. The highest BCUT2D eigenvalue weighted by Gasteiger charge is 2.13. The maximum atomic E-state index is 14.0. The molecule has 1 unspecified atom stereocenters. The van der Waals surface area contributed by atoms with Crippen molar-refractivity contribution in [2.75, 3.05) is 5.32 Å². The molecule has 2 aromatic rings. The van der Waals surface area contributed by atoms with E-state index in [0.717, 1.165) is 6.42 Å². The number of nitrogens with two attached hydrogens (primary N) is 1. The number of nitrogens with zero attached hydrogens (tertiary/aromatic N) is 1. The van der Waals surface area contributed by atoms with Gasteiger partial charge in [-0.05, 0) is 30.7 Å². The predicted octanol–water partition coefficient (Wildman–Crippen LogP) is 3.29. The fourth-order valence-corrected chi connectivity index (χ4v) is 2.01. The van der Waals surface area contributed by atoms with E-state index >= 15 is 0 Å². The number of rotatable bonds is 7. The van der Waals surface area contributed by atoms with Gasteiger partial charge in [0, 0.05) is 18.0 Å². The molecule has 0 aliphatic heterocycles. The lowest BCUT2D eigenvalue weighted by atomic mass is 10.1. The highest BCUT2D eigenvalue weighted by atomic mass is 35.5. The molecule has 0 saturated heterocycles. The minimum Gasteiger partial charge on any atom is -0.484 e. The van der Waals surface area contributed by atoms with Crippen LogP contribution in [0.1, 0.15) is 25.5 Å². The third-order valence-electron chi connectivity index (χ3n) is 3.24. The molecule has 1 atom stereocenters. The van der Waals surface area contributed by atoms with E-state index < -0.39 is 11.9 Å². The van der Waals surface area contributed by atoms with Gasteiger partial charge in [0.05, 0.1) is 11.7 Å². The van der Waals surface area contributed by atoms with Crippen molar-refractivity contribution in [3.05, 3.63) is 54.1 Å². The number of hydrogen-bond acceptors (Lipinski definition) is 4. The molecule has 3 N–H and O–H groups in total. The number of benzene rings is 1. The number of carbonyl (C=O) groups excluding carboxylic acids is 1. The standard InChI is InChI=1S/C17H20FN3O2.ClH/c1-2-5-15(19)17(22)21-12-7-8-16(14(18)10-12)23-11-13-6-3-4-9-20-13;/h3-4,6-10,15H,2,5,11,19H2,1H3,(H,21,22);1H. The Morgan fingerprint density at radius 2 is 2.17 bits per heavy atom. The first kappa shape index (κ1) is 19.9. The molecule has 2 rings (SSSR count). The van der Waals surface area contributed by atoms with E-state index in [1.807, 2.05) is 13.0 Å². The van der Waals surface area contributed by atoms with Gasteiger partial charge in [0.25, 0.3) is 0 Å². The number of pyridine rings is 1. The van der Waals surface area contributed by atoms with Gasteiger partial charge < -0.3 is 15.8 Å². The summed E-state index contributed by atoms with van der Waals surface area (Å²) in [6.07, 6.45) is 3.04. The van der Waals surface area contributed by atoms with E-state index in [1.165, 1.54) is 12.1 Å². The van der Waals surface area contributed by atoms with Crippen LogP contribution in [-0.2, 0) is 11.4 Å². The zero-order chi connectivity index (χ0) is 16.7. The molecular weight excluding hydrogens is 333 g/mol. The van der Waals surface area contributed by atoms with Crippen LogP contribution in [0.15, 0.2) is 42.6 Å². The third-order valence-corrected chi connectivity index (χ3v) is 3.24. The third kappa shape index (κ3) is 5.79. The van der Waals surface area contributed by atoms with Gasteiger partial charge in [-0.25, -0.2) is 4.39 Å². The molecule has 0 bridgehead atoms. The Morgan fingerprint density at radius 1 is 1.38 bits per heavy atom. The van der Waals surface area contributed by atoms with Crippen molar-refractivity contribution < 1.29 is 13.9 Å². The van der Waals surface area contributed by atoms with Gasteiger partial charge in [0.2, 0.25) is 5.91 Å². The lowest BCUT2D eigenvalue weighted by molar-refractivity contribution is -0.117. The topological polar surface area (TPSA) is 77.2 Å². The highest BCUT2D eigenvalue weighted by Crippen LogP contribution is 2.22. The molecular formula is C17H21ClFN3O2. The van der Waals surface area contributed by atoms with Crippen molar-refractivity contribution in [1.29, 1.82) is 0 Å². The fourth-order valence-electron chi connectivity index (χ4n) is 2.01. The van der Waals surface area contributed by atoms with Gasteiger partial charge in [-0.3, -0.25) is 9.78 Å².